The summed E-state index contributed by atoms with van der Waals surface area (Å²) in [7, 11) is 0. The van der Waals surface area contributed by atoms with E-state index in [1.807, 2.05) is 26.0 Å². The van der Waals surface area contributed by atoms with Crippen LogP contribution in [-0.2, 0) is 13.0 Å². The van der Waals surface area contributed by atoms with Gasteiger partial charge in [0.15, 0.2) is 0 Å². The zero-order chi connectivity index (χ0) is 18.6. The van der Waals surface area contributed by atoms with Gasteiger partial charge in [-0.2, -0.15) is 0 Å². The number of rotatable bonds is 8. The third kappa shape index (κ3) is 7.64. The minimum Gasteiger partial charge on any atom is -0.412 e. The second kappa shape index (κ2) is 14.6. The Morgan fingerprint density at radius 2 is 1.71 bits per heavy atom. The molecule has 6 heteroatoms. The molecule has 1 aromatic heterocycles. The van der Waals surface area contributed by atoms with Crippen LogP contribution in [0.3, 0.4) is 0 Å². The van der Waals surface area contributed by atoms with Crippen molar-refractivity contribution in [3.05, 3.63) is 77.5 Å². The first-order valence-electron chi connectivity index (χ1n) is 9.25. The summed E-state index contributed by atoms with van der Waals surface area (Å²) in [6.07, 6.45) is 6.99. The Hall–Kier alpha value is -2.48. The van der Waals surface area contributed by atoms with Gasteiger partial charge in [0.2, 0.25) is 0 Å². The molecule has 8 N–H and O–H groups in total. The van der Waals surface area contributed by atoms with Crippen LogP contribution in [-0.4, -0.2) is 34.2 Å². The summed E-state index contributed by atoms with van der Waals surface area (Å²) in [5.74, 6) is 0. The number of aromatic amines is 1. The van der Waals surface area contributed by atoms with Gasteiger partial charge in [0, 0.05) is 30.2 Å². The molecule has 0 amide bonds. The fraction of sp³-hybridized carbons (Fsp3) is 0.273. The number of H-pyrrole nitrogens is 1. The summed E-state index contributed by atoms with van der Waals surface area (Å²) in [4.78, 5) is 3.32. The highest BCUT2D eigenvalue weighted by Crippen LogP contribution is 2.17. The first-order valence-corrected chi connectivity index (χ1v) is 9.25. The van der Waals surface area contributed by atoms with Gasteiger partial charge < -0.3 is 26.5 Å². The summed E-state index contributed by atoms with van der Waals surface area (Å²) < 4.78 is 0. The van der Waals surface area contributed by atoms with Crippen LogP contribution in [0, 0.1) is 0 Å². The molecule has 0 radical (unpaired) electrons. The topological polar surface area (TPSA) is 123 Å². The predicted molar refractivity (Wildman–Crippen MR) is 118 cm³/mol. The summed E-state index contributed by atoms with van der Waals surface area (Å²) in [6.45, 7) is 6.27. The lowest BCUT2D eigenvalue weighted by Gasteiger charge is -2.05. The summed E-state index contributed by atoms with van der Waals surface area (Å²) >= 11 is 0. The molecule has 1 heterocycles. The maximum atomic E-state index is 8.52. The van der Waals surface area contributed by atoms with Crippen LogP contribution in [0.1, 0.15) is 30.5 Å². The molecular formula is C22H33N3O3. The molecule has 0 bridgehead atoms. The van der Waals surface area contributed by atoms with E-state index in [1.165, 1.54) is 22.0 Å². The Morgan fingerprint density at radius 1 is 1.00 bits per heavy atom. The molecule has 2 aromatic carbocycles. The van der Waals surface area contributed by atoms with Crippen LogP contribution in [0.15, 0.2) is 60.8 Å². The van der Waals surface area contributed by atoms with E-state index in [2.05, 4.69) is 70.5 Å². The quantitative estimate of drug-likeness (QED) is 0.351. The van der Waals surface area contributed by atoms with Gasteiger partial charge >= 0.3 is 0 Å². The van der Waals surface area contributed by atoms with E-state index in [1.54, 1.807) is 0 Å². The number of aromatic nitrogens is 1. The number of benzene rings is 2. The molecule has 0 aliphatic rings. The van der Waals surface area contributed by atoms with E-state index in [9.17, 15) is 0 Å². The van der Waals surface area contributed by atoms with Crippen molar-refractivity contribution in [1.29, 1.82) is 0 Å². The average Bonchev–Trinajstić information content (AvgIpc) is 3.11. The van der Waals surface area contributed by atoms with Gasteiger partial charge in [-0.3, -0.25) is 0 Å². The first kappa shape index (κ1) is 25.5. The van der Waals surface area contributed by atoms with E-state index in [4.69, 9.17) is 5.21 Å². The van der Waals surface area contributed by atoms with Crippen molar-refractivity contribution in [2.75, 3.05) is 13.1 Å². The molecule has 0 atom stereocenters. The Bertz CT molecular complexity index is 798. The Balaban J connectivity index is 0.00000177. The number of para-hydroxylation sites is 1. The van der Waals surface area contributed by atoms with Gasteiger partial charge in [0.05, 0.1) is 0 Å². The summed E-state index contributed by atoms with van der Waals surface area (Å²) in [5.41, 5.74) is 7.07. The third-order valence-corrected chi connectivity index (χ3v) is 4.07. The van der Waals surface area contributed by atoms with Crippen LogP contribution < -0.4 is 10.8 Å². The molecule has 0 aliphatic heterocycles. The largest absolute Gasteiger partial charge is 0.412 e. The average molecular weight is 388 g/mol. The van der Waals surface area contributed by atoms with Gasteiger partial charge in [0.1, 0.15) is 0 Å². The Morgan fingerprint density at radius 3 is 2.43 bits per heavy atom. The molecule has 6 nitrogen and oxygen atoms in total. The lowest BCUT2D eigenvalue weighted by molar-refractivity contribution is 0.180. The molecule has 154 valence electrons. The van der Waals surface area contributed by atoms with Crippen LogP contribution in [0.2, 0.25) is 0 Å². The molecule has 3 aromatic rings. The van der Waals surface area contributed by atoms with E-state index >= 15 is 0 Å². The molecule has 0 saturated heterocycles. The molecule has 28 heavy (non-hydrogen) atoms. The monoisotopic (exact) mass is 387 g/mol. The molecule has 0 saturated carbocycles. The van der Waals surface area contributed by atoms with Gasteiger partial charge in [0.25, 0.3) is 0 Å². The molecule has 0 unspecified atom stereocenters. The van der Waals surface area contributed by atoms with Crippen molar-refractivity contribution in [3.8, 4) is 0 Å². The second-order valence-corrected chi connectivity index (χ2v) is 5.79. The fourth-order valence-electron chi connectivity index (χ4n) is 2.79. The lowest BCUT2D eigenvalue weighted by atomic mass is 10.1. The summed E-state index contributed by atoms with van der Waals surface area (Å²) in [6, 6.07) is 16.9. The predicted octanol–water partition coefficient (Wildman–Crippen LogP) is 2.87. The number of nitrogens with one attached hydrogen (secondary N) is 3. The Labute approximate surface area is 166 Å². The normalized spacial score (nSPS) is 10.1. The van der Waals surface area contributed by atoms with E-state index in [-0.39, 0.29) is 11.0 Å². The number of hydroxylamine groups is 1. The highest BCUT2D eigenvalue weighted by Gasteiger charge is 2.02. The van der Waals surface area contributed by atoms with Crippen molar-refractivity contribution in [2.24, 2.45) is 0 Å². The van der Waals surface area contributed by atoms with Crippen LogP contribution in [0.5, 0.6) is 0 Å². The van der Waals surface area contributed by atoms with Crippen LogP contribution >= 0.6 is 0 Å². The molecule has 0 spiro atoms. The van der Waals surface area contributed by atoms with Crippen molar-refractivity contribution in [2.45, 2.75) is 26.8 Å². The Kier molecular flexibility index (Phi) is 13.3. The van der Waals surface area contributed by atoms with Crippen molar-refractivity contribution >= 4 is 17.0 Å². The fourth-order valence-corrected chi connectivity index (χ4v) is 2.79. The van der Waals surface area contributed by atoms with Crippen molar-refractivity contribution in [3.63, 3.8) is 0 Å². The van der Waals surface area contributed by atoms with E-state index in [0.29, 0.717) is 6.54 Å². The number of hydrogen-bond donors (Lipinski definition) is 4. The van der Waals surface area contributed by atoms with Crippen molar-refractivity contribution in [1.82, 2.24) is 15.8 Å². The smallest absolute Gasteiger partial charge is 0.0456 e. The van der Waals surface area contributed by atoms with Crippen LogP contribution in [0.25, 0.3) is 17.0 Å². The second-order valence-electron chi connectivity index (χ2n) is 5.79. The molecule has 0 aliphatic carbocycles. The molecule has 0 fully saturated rings. The van der Waals surface area contributed by atoms with E-state index in [0.717, 1.165) is 25.1 Å². The van der Waals surface area contributed by atoms with Crippen LogP contribution in [0.4, 0.5) is 0 Å². The molecule has 3 rings (SSSR count). The number of fused-ring (bicyclic) bond motifs is 1. The molecular weight excluding hydrogens is 354 g/mol. The van der Waals surface area contributed by atoms with Gasteiger partial charge in [-0.05, 0) is 35.7 Å². The third-order valence-electron chi connectivity index (χ3n) is 4.07. The SMILES string of the molecule is CC.O.O.ONC/C=C/c1ccc(CNCCc2c[nH]c3ccccc23)cc1. The van der Waals surface area contributed by atoms with Gasteiger partial charge in [-0.25, -0.2) is 5.48 Å². The number of hydrogen-bond acceptors (Lipinski definition) is 3. The van der Waals surface area contributed by atoms with E-state index < -0.39 is 0 Å². The minimum atomic E-state index is 0. The maximum Gasteiger partial charge on any atom is 0.0456 e. The summed E-state index contributed by atoms with van der Waals surface area (Å²) in [5, 5.41) is 13.3. The highest BCUT2D eigenvalue weighted by molar-refractivity contribution is 5.83. The zero-order valence-corrected chi connectivity index (χ0v) is 16.6. The first-order chi connectivity index (χ1) is 12.9. The standard InChI is InChI=1S/C20H23N3O.C2H6.2H2O/c24-23-12-3-4-16-7-9-17(10-8-16)14-21-13-11-18-15-22-20-6-2-1-5-19(18)20;1-2;;/h1-10,15,21-24H,11-14H2;1-2H3;2*1H2/b4-3+;;;. The van der Waals surface area contributed by atoms with Crippen molar-refractivity contribution < 1.29 is 16.2 Å². The minimum absolute atomic E-state index is 0. The lowest BCUT2D eigenvalue weighted by Crippen LogP contribution is -2.16. The zero-order valence-electron chi connectivity index (χ0n) is 16.6. The van der Waals surface area contributed by atoms with Gasteiger partial charge in [-0.1, -0.05) is 68.5 Å². The highest BCUT2D eigenvalue weighted by atomic mass is 16.5. The van der Waals surface area contributed by atoms with Gasteiger partial charge in [-0.15, -0.1) is 0 Å². The maximum absolute atomic E-state index is 8.52.